The number of hydrogen-bond acceptors (Lipinski definition) is 3. The molecule has 2 rings (SSSR count). The zero-order chi connectivity index (χ0) is 13.0. The van der Waals surface area contributed by atoms with E-state index in [0.717, 1.165) is 32.0 Å². The Morgan fingerprint density at radius 1 is 1.17 bits per heavy atom. The van der Waals surface area contributed by atoms with Crippen LogP contribution in [0.3, 0.4) is 0 Å². The van der Waals surface area contributed by atoms with Crippen LogP contribution >= 0.6 is 0 Å². The van der Waals surface area contributed by atoms with Gasteiger partial charge in [0.25, 0.3) is 0 Å². The Bertz CT molecular complexity index is 266. The molecule has 2 saturated heterocycles. The van der Waals surface area contributed by atoms with Crippen molar-refractivity contribution in [3.8, 4) is 0 Å². The van der Waals surface area contributed by atoms with Gasteiger partial charge in [-0.2, -0.15) is 0 Å². The number of rotatable bonds is 4. The topological polar surface area (TPSA) is 35.6 Å². The zero-order valence-electron chi connectivity index (χ0n) is 11.8. The molecule has 4 nitrogen and oxygen atoms in total. The molecule has 104 valence electrons. The van der Waals surface area contributed by atoms with Crippen molar-refractivity contribution in [3.63, 3.8) is 0 Å². The van der Waals surface area contributed by atoms with E-state index in [2.05, 4.69) is 24.1 Å². The average Bonchev–Trinajstić information content (AvgIpc) is 2.90. The Kier molecular flexibility index (Phi) is 5.01. The number of carbonyl (C=O) groups excluding carboxylic acids is 1. The van der Waals surface area contributed by atoms with E-state index in [1.165, 1.54) is 25.9 Å². The molecule has 0 aromatic heterocycles. The minimum atomic E-state index is 0.267. The lowest BCUT2D eigenvalue weighted by atomic mass is 10.0. The first-order chi connectivity index (χ1) is 8.66. The Hall–Kier alpha value is -0.610. The van der Waals surface area contributed by atoms with Gasteiger partial charge in [0.2, 0.25) is 5.91 Å². The lowest BCUT2D eigenvalue weighted by molar-refractivity contribution is -0.131. The van der Waals surface area contributed by atoms with Gasteiger partial charge in [-0.1, -0.05) is 13.8 Å². The number of carbonyl (C=O) groups is 1. The molecule has 0 aliphatic carbocycles. The van der Waals surface area contributed by atoms with Gasteiger partial charge in [-0.3, -0.25) is 4.79 Å². The molecule has 0 atom stereocenters. The maximum Gasteiger partial charge on any atom is 0.236 e. The summed E-state index contributed by atoms with van der Waals surface area (Å²) in [6, 6.07) is 1.12. The van der Waals surface area contributed by atoms with E-state index in [1.54, 1.807) is 0 Å². The van der Waals surface area contributed by atoms with Crippen LogP contribution in [0.25, 0.3) is 0 Å². The van der Waals surface area contributed by atoms with Gasteiger partial charge in [-0.15, -0.1) is 0 Å². The van der Waals surface area contributed by atoms with Crippen molar-refractivity contribution < 1.29 is 4.79 Å². The molecule has 18 heavy (non-hydrogen) atoms. The molecule has 0 spiro atoms. The fraction of sp³-hybridized carbons (Fsp3) is 0.929. The Labute approximate surface area is 111 Å². The number of hydrogen-bond donors (Lipinski definition) is 1. The van der Waals surface area contributed by atoms with E-state index in [1.807, 2.05) is 4.90 Å². The van der Waals surface area contributed by atoms with Crippen molar-refractivity contribution in [1.82, 2.24) is 15.1 Å². The quantitative estimate of drug-likeness (QED) is 0.814. The summed E-state index contributed by atoms with van der Waals surface area (Å²) < 4.78 is 0. The van der Waals surface area contributed by atoms with Crippen molar-refractivity contribution in [2.24, 2.45) is 0 Å². The number of likely N-dealkylation sites (tertiary alicyclic amines) is 2. The van der Waals surface area contributed by atoms with Crippen LogP contribution < -0.4 is 5.32 Å². The highest BCUT2D eigenvalue weighted by Crippen LogP contribution is 2.20. The highest BCUT2D eigenvalue weighted by molar-refractivity contribution is 5.78. The van der Waals surface area contributed by atoms with Gasteiger partial charge < -0.3 is 15.1 Å². The van der Waals surface area contributed by atoms with E-state index in [4.69, 9.17) is 0 Å². The van der Waals surface area contributed by atoms with Crippen molar-refractivity contribution in [2.75, 3.05) is 32.7 Å². The summed E-state index contributed by atoms with van der Waals surface area (Å²) in [4.78, 5) is 16.6. The lowest BCUT2D eigenvalue weighted by Gasteiger charge is -2.36. The number of amides is 1. The van der Waals surface area contributed by atoms with Crippen molar-refractivity contribution in [1.29, 1.82) is 0 Å². The SMILES string of the molecule is CC(C)NCC(=O)N1CCC(N2CCCC2)CC1. The molecule has 1 N–H and O–H groups in total. The van der Waals surface area contributed by atoms with Crippen LogP contribution in [0.2, 0.25) is 0 Å². The predicted molar refractivity (Wildman–Crippen MR) is 73.5 cm³/mol. The van der Waals surface area contributed by atoms with E-state index < -0.39 is 0 Å². The van der Waals surface area contributed by atoms with Crippen molar-refractivity contribution >= 4 is 5.91 Å². The summed E-state index contributed by atoms with van der Waals surface area (Å²) in [6.07, 6.45) is 5.04. The minimum Gasteiger partial charge on any atom is -0.341 e. The Morgan fingerprint density at radius 2 is 1.78 bits per heavy atom. The summed E-state index contributed by atoms with van der Waals surface area (Å²) in [5.74, 6) is 0.267. The van der Waals surface area contributed by atoms with Gasteiger partial charge in [0.15, 0.2) is 0 Å². The van der Waals surface area contributed by atoms with Crippen LogP contribution in [0.5, 0.6) is 0 Å². The molecule has 0 saturated carbocycles. The number of piperidine rings is 1. The fourth-order valence-electron chi connectivity index (χ4n) is 2.99. The van der Waals surface area contributed by atoms with E-state index >= 15 is 0 Å². The lowest BCUT2D eigenvalue weighted by Crippen LogP contribution is -2.48. The standard InChI is InChI=1S/C14H27N3O/c1-12(2)15-11-14(18)17-9-5-13(6-10-17)16-7-3-4-8-16/h12-13,15H,3-11H2,1-2H3. The number of nitrogens with one attached hydrogen (secondary N) is 1. The van der Waals surface area contributed by atoms with Gasteiger partial charge >= 0.3 is 0 Å². The molecule has 0 bridgehead atoms. The molecule has 2 aliphatic rings. The van der Waals surface area contributed by atoms with Crippen LogP contribution in [-0.2, 0) is 4.79 Å². The number of nitrogens with zero attached hydrogens (tertiary/aromatic N) is 2. The Balaban J connectivity index is 1.70. The Morgan fingerprint density at radius 3 is 2.33 bits per heavy atom. The maximum atomic E-state index is 12.0. The van der Waals surface area contributed by atoms with Crippen molar-refractivity contribution in [3.05, 3.63) is 0 Å². The summed E-state index contributed by atoms with van der Waals surface area (Å²) in [6.45, 7) is 9.08. The zero-order valence-corrected chi connectivity index (χ0v) is 11.8. The third-order valence-electron chi connectivity index (χ3n) is 4.14. The van der Waals surface area contributed by atoms with E-state index in [-0.39, 0.29) is 5.91 Å². The smallest absolute Gasteiger partial charge is 0.236 e. The van der Waals surface area contributed by atoms with E-state index in [0.29, 0.717) is 12.6 Å². The molecular formula is C14H27N3O. The van der Waals surface area contributed by atoms with Crippen LogP contribution in [0.15, 0.2) is 0 Å². The molecule has 2 heterocycles. The third kappa shape index (κ3) is 3.69. The van der Waals surface area contributed by atoms with Crippen LogP contribution in [0, 0.1) is 0 Å². The first-order valence-electron chi connectivity index (χ1n) is 7.42. The largest absolute Gasteiger partial charge is 0.341 e. The maximum absolute atomic E-state index is 12.0. The molecule has 0 aromatic rings. The second kappa shape index (κ2) is 6.53. The monoisotopic (exact) mass is 253 g/mol. The van der Waals surface area contributed by atoms with Crippen LogP contribution in [-0.4, -0.2) is 60.5 Å². The van der Waals surface area contributed by atoms with Crippen LogP contribution in [0.4, 0.5) is 0 Å². The normalized spacial score (nSPS) is 22.9. The van der Waals surface area contributed by atoms with Crippen molar-refractivity contribution in [2.45, 2.75) is 51.6 Å². The van der Waals surface area contributed by atoms with E-state index in [9.17, 15) is 4.79 Å². The van der Waals surface area contributed by atoms with Gasteiger partial charge in [-0.25, -0.2) is 0 Å². The molecule has 1 amide bonds. The molecule has 2 aliphatic heterocycles. The first-order valence-corrected chi connectivity index (χ1v) is 7.42. The summed E-state index contributed by atoms with van der Waals surface area (Å²) in [5.41, 5.74) is 0. The van der Waals surface area contributed by atoms with Gasteiger partial charge in [-0.05, 0) is 38.8 Å². The second-order valence-corrected chi connectivity index (χ2v) is 5.89. The molecule has 0 aromatic carbocycles. The second-order valence-electron chi connectivity index (χ2n) is 5.89. The first kappa shape index (κ1) is 13.8. The predicted octanol–water partition coefficient (Wildman–Crippen LogP) is 1.07. The highest BCUT2D eigenvalue weighted by Gasteiger charge is 2.27. The third-order valence-corrected chi connectivity index (χ3v) is 4.14. The van der Waals surface area contributed by atoms with Gasteiger partial charge in [0.1, 0.15) is 0 Å². The summed E-state index contributed by atoms with van der Waals surface area (Å²) in [5, 5.41) is 3.21. The summed E-state index contributed by atoms with van der Waals surface area (Å²) in [7, 11) is 0. The fourth-order valence-corrected chi connectivity index (χ4v) is 2.99. The van der Waals surface area contributed by atoms with Gasteiger partial charge in [0, 0.05) is 25.2 Å². The summed E-state index contributed by atoms with van der Waals surface area (Å²) >= 11 is 0. The highest BCUT2D eigenvalue weighted by atomic mass is 16.2. The molecule has 0 unspecified atom stereocenters. The molecular weight excluding hydrogens is 226 g/mol. The minimum absolute atomic E-state index is 0.267. The molecule has 2 fully saturated rings. The molecule has 0 radical (unpaired) electrons. The average molecular weight is 253 g/mol. The van der Waals surface area contributed by atoms with Crippen LogP contribution in [0.1, 0.15) is 39.5 Å². The van der Waals surface area contributed by atoms with Gasteiger partial charge in [0.05, 0.1) is 6.54 Å². The molecule has 4 heteroatoms.